The summed E-state index contributed by atoms with van der Waals surface area (Å²) in [6, 6.07) is 9.47. The van der Waals surface area contributed by atoms with E-state index >= 15 is 0 Å². The van der Waals surface area contributed by atoms with E-state index in [4.69, 9.17) is 14.6 Å². The molecule has 3 N–H and O–H groups in total. The van der Waals surface area contributed by atoms with Crippen molar-refractivity contribution < 1.29 is 17.6 Å². The summed E-state index contributed by atoms with van der Waals surface area (Å²) in [4.78, 5) is 8.23. The number of pyridine rings is 1. The number of thiazole rings is 1. The van der Waals surface area contributed by atoms with Crippen molar-refractivity contribution in [2.45, 2.75) is 4.90 Å². The Hall–Kier alpha value is -4.47. The quantitative estimate of drug-likeness (QED) is 0.281. The zero-order chi connectivity index (χ0) is 24.8. The lowest BCUT2D eigenvalue weighted by Gasteiger charge is -2.15. The maximum atomic E-state index is 12.7. The van der Waals surface area contributed by atoms with Crippen LogP contribution in [0.2, 0.25) is 0 Å². The number of nitrogens with one attached hydrogen (secondary N) is 3. The van der Waals surface area contributed by atoms with Gasteiger partial charge in [-0.15, -0.1) is 11.3 Å². The molecule has 12 heteroatoms. The third-order valence-corrected chi connectivity index (χ3v) is 6.90. The van der Waals surface area contributed by atoms with E-state index in [1.54, 1.807) is 36.9 Å². The summed E-state index contributed by atoms with van der Waals surface area (Å²) in [6.45, 7) is 0. The summed E-state index contributed by atoms with van der Waals surface area (Å²) in [5, 5.41) is 22.0. The monoisotopic (exact) mass is 506 g/mol. The predicted molar refractivity (Wildman–Crippen MR) is 132 cm³/mol. The molecular weight excluding hydrogens is 488 g/mol. The van der Waals surface area contributed by atoms with Gasteiger partial charge < -0.3 is 19.9 Å². The number of nitriles is 1. The Morgan fingerprint density at radius 3 is 2.77 bits per heavy atom. The standard InChI is InChI=1S/C23H18N6O4S2/c1-26-19(4-6-24)18-11-20(15-5-8-32-14-15)28-13-22(18)33-21-3-2-17(10-16(21)12-25)35(30,31)29-23-27-7-9-34-23/h2-11,13-14,24,26H,1H3,(H,27,29)/b19-4-,24-6?. The van der Waals surface area contributed by atoms with Gasteiger partial charge in [0.05, 0.1) is 34.9 Å². The largest absolute Gasteiger partial charge is 0.472 e. The second kappa shape index (κ2) is 10.2. The van der Waals surface area contributed by atoms with E-state index in [1.807, 2.05) is 6.07 Å². The van der Waals surface area contributed by atoms with Crippen LogP contribution in [0, 0.1) is 16.7 Å². The van der Waals surface area contributed by atoms with Crippen LogP contribution in [0.3, 0.4) is 0 Å². The van der Waals surface area contributed by atoms with Gasteiger partial charge in [0.25, 0.3) is 10.0 Å². The number of allylic oxidation sites excluding steroid dienone is 1. The first-order valence-corrected chi connectivity index (χ1v) is 12.4. The first-order chi connectivity index (χ1) is 16.9. The summed E-state index contributed by atoms with van der Waals surface area (Å²) >= 11 is 1.14. The van der Waals surface area contributed by atoms with Gasteiger partial charge in [0.1, 0.15) is 11.8 Å². The molecule has 0 spiro atoms. The van der Waals surface area contributed by atoms with E-state index in [1.165, 1.54) is 36.9 Å². The normalized spacial score (nSPS) is 11.5. The van der Waals surface area contributed by atoms with Crippen LogP contribution >= 0.6 is 11.3 Å². The molecule has 1 aromatic carbocycles. The third-order valence-electron chi connectivity index (χ3n) is 4.75. The molecule has 0 aliphatic carbocycles. The molecule has 0 bridgehead atoms. The van der Waals surface area contributed by atoms with Gasteiger partial charge >= 0.3 is 0 Å². The number of furan rings is 1. The lowest BCUT2D eigenvalue weighted by atomic mass is 10.1. The minimum Gasteiger partial charge on any atom is -0.472 e. The molecule has 0 fully saturated rings. The predicted octanol–water partition coefficient (Wildman–Crippen LogP) is 4.47. The van der Waals surface area contributed by atoms with E-state index in [9.17, 15) is 13.7 Å². The van der Waals surface area contributed by atoms with Crippen molar-refractivity contribution in [1.82, 2.24) is 15.3 Å². The number of benzene rings is 1. The summed E-state index contributed by atoms with van der Waals surface area (Å²) in [5.41, 5.74) is 2.53. The average molecular weight is 507 g/mol. The molecule has 0 saturated heterocycles. The molecule has 0 atom stereocenters. The Morgan fingerprint density at radius 1 is 1.26 bits per heavy atom. The molecule has 35 heavy (non-hydrogen) atoms. The molecule has 0 saturated carbocycles. The number of hydrogen-bond donors (Lipinski definition) is 3. The highest BCUT2D eigenvalue weighted by Crippen LogP contribution is 2.34. The van der Waals surface area contributed by atoms with E-state index in [-0.39, 0.29) is 21.3 Å². The Bertz CT molecular complexity index is 1520. The summed E-state index contributed by atoms with van der Waals surface area (Å²) in [6.07, 6.45) is 8.73. The Kier molecular flexibility index (Phi) is 6.91. The lowest BCUT2D eigenvalue weighted by molar-refractivity contribution is 0.476. The van der Waals surface area contributed by atoms with Crippen LogP contribution in [0.5, 0.6) is 11.5 Å². The minimum absolute atomic E-state index is 0.0129. The van der Waals surface area contributed by atoms with E-state index < -0.39 is 10.0 Å². The van der Waals surface area contributed by atoms with Crippen molar-refractivity contribution in [3.8, 4) is 28.8 Å². The molecule has 3 aromatic heterocycles. The Labute approximate surface area is 205 Å². The van der Waals surface area contributed by atoms with Crippen LogP contribution < -0.4 is 14.8 Å². The van der Waals surface area contributed by atoms with E-state index in [2.05, 4.69) is 20.0 Å². The van der Waals surface area contributed by atoms with Crippen LogP contribution in [-0.4, -0.2) is 31.6 Å². The van der Waals surface area contributed by atoms with Gasteiger partial charge in [-0.05, 0) is 36.4 Å². The van der Waals surface area contributed by atoms with Gasteiger partial charge in [-0.1, -0.05) is 0 Å². The molecule has 4 aromatic rings. The summed E-state index contributed by atoms with van der Waals surface area (Å²) in [7, 11) is -2.24. The number of hydrogen-bond acceptors (Lipinski definition) is 10. The number of ether oxygens (including phenoxy) is 1. The fourth-order valence-corrected chi connectivity index (χ4v) is 4.93. The van der Waals surface area contributed by atoms with Crippen LogP contribution in [0.25, 0.3) is 17.0 Å². The number of anilines is 1. The molecule has 0 aliphatic heterocycles. The molecular formula is C23H18N6O4S2. The second-order valence-electron chi connectivity index (χ2n) is 6.89. The molecule has 176 valence electrons. The molecule has 10 nitrogen and oxygen atoms in total. The van der Waals surface area contributed by atoms with Crippen molar-refractivity contribution in [2.24, 2.45) is 0 Å². The SMILES string of the molecule is CN/C(=C\C=N)c1cc(-c2ccoc2)ncc1Oc1ccc(S(=O)(=O)Nc2nccs2)cc1C#N. The van der Waals surface area contributed by atoms with E-state index in [0.29, 0.717) is 22.7 Å². The zero-order valence-electron chi connectivity index (χ0n) is 18.2. The molecule has 3 heterocycles. The van der Waals surface area contributed by atoms with Gasteiger partial charge in [-0.2, -0.15) is 5.26 Å². The highest BCUT2D eigenvalue weighted by molar-refractivity contribution is 7.93. The average Bonchev–Trinajstić information content (AvgIpc) is 3.57. The van der Waals surface area contributed by atoms with Crippen LogP contribution in [-0.2, 0) is 10.0 Å². The fourth-order valence-electron chi connectivity index (χ4n) is 3.11. The maximum absolute atomic E-state index is 12.7. The third kappa shape index (κ3) is 5.21. The number of aromatic nitrogens is 2. The highest BCUT2D eigenvalue weighted by Gasteiger charge is 2.20. The Balaban J connectivity index is 1.72. The molecule has 0 unspecified atom stereocenters. The van der Waals surface area contributed by atoms with Crippen molar-refractivity contribution in [3.63, 3.8) is 0 Å². The number of nitrogens with zero attached hydrogens (tertiary/aromatic N) is 3. The maximum Gasteiger partial charge on any atom is 0.263 e. The highest BCUT2D eigenvalue weighted by atomic mass is 32.2. The van der Waals surface area contributed by atoms with Gasteiger partial charge in [0, 0.05) is 41.7 Å². The molecule has 0 amide bonds. The lowest BCUT2D eigenvalue weighted by Crippen LogP contribution is -2.13. The number of sulfonamides is 1. The van der Waals surface area contributed by atoms with Crippen LogP contribution in [0.4, 0.5) is 5.13 Å². The molecule has 0 aliphatic rings. The smallest absolute Gasteiger partial charge is 0.263 e. The molecule has 4 rings (SSSR count). The molecule has 0 radical (unpaired) electrons. The van der Waals surface area contributed by atoms with Gasteiger partial charge in [0.15, 0.2) is 10.9 Å². The van der Waals surface area contributed by atoms with Gasteiger partial charge in [-0.3, -0.25) is 9.71 Å². The summed E-state index contributed by atoms with van der Waals surface area (Å²) in [5.74, 6) is 0.442. The zero-order valence-corrected chi connectivity index (χ0v) is 19.9. The first kappa shape index (κ1) is 23.7. The van der Waals surface area contributed by atoms with Crippen LogP contribution in [0.1, 0.15) is 11.1 Å². The summed E-state index contributed by atoms with van der Waals surface area (Å²) < 4.78 is 38.9. The van der Waals surface area contributed by atoms with Gasteiger partial charge in [-0.25, -0.2) is 13.4 Å². The number of rotatable bonds is 9. The first-order valence-electron chi connectivity index (χ1n) is 10.0. The topological polar surface area (TPSA) is 154 Å². The van der Waals surface area contributed by atoms with Crippen molar-refractivity contribution >= 4 is 38.4 Å². The van der Waals surface area contributed by atoms with Crippen molar-refractivity contribution in [2.75, 3.05) is 11.8 Å². The Morgan fingerprint density at radius 2 is 2.11 bits per heavy atom. The van der Waals surface area contributed by atoms with Crippen molar-refractivity contribution in [3.05, 3.63) is 77.8 Å². The van der Waals surface area contributed by atoms with Crippen LogP contribution in [0.15, 0.2) is 76.0 Å². The second-order valence-corrected chi connectivity index (χ2v) is 9.47. The minimum atomic E-state index is -3.94. The fraction of sp³-hybridized carbons (Fsp3) is 0.0435. The van der Waals surface area contributed by atoms with Gasteiger partial charge in [0.2, 0.25) is 0 Å². The van der Waals surface area contributed by atoms with E-state index in [0.717, 1.165) is 23.1 Å². The van der Waals surface area contributed by atoms with Crippen molar-refractivity contribution in [1.29, 1.82) is 10.7 Å².